The molecular formula is C21H22N4O3. The van der Waals surface area contributed by atoms with Crippen molar-refractivity contribution in [2.45, 2.75) is 6.42 Å². The molecule has 3 amide bonds. The smallest absolute Gasteiger partial charge is 0.248 e. The summed E-state index contributed by atoms with van der Waals surface area (Å²) in [6.07, 6.45) is 2.99. The van der Waals surface area contributed by atoms with E-state index < -0.39 is 11.8 Å². The molecule has 0 radical (unpaired) electrons. The summed E-state index contributed by atoms with van der Waals surface area (Å²) in [5.74, 6) is -1.64. The normalized spacial score (nSPS) is 14.2. The zero-order valence-corrected chi connectivity index (χ0v) is 15.4. The summed E-state index contributed by atoms with van der Waals surface area (Å²) in [5.41, 5.74) is 13.6. The highest BCUT2D eigenvalue weighted by Gasteiger charge is 2.17. The van der Waals surface area contributed by atoms with Gasteiger partial charge in [-0.05, 0) is 35.8 Å². The number of hydrogen-bond acceptors (Lipinski definition) is 4. The number of primary amides is 2. The maximum Gasteiger partial charge on any atom is 0.248 e. The Morgan fingerprint density at radius 3 is 2.14 bits per heavy atom. The van der Waals surface area contributed by atoms with Crippen LogP contribution >= 0.6 is 0 Å². The third-order valence-electron chi connectivity index (χ3n) is 4.59. The van der Waals surface area contributed by atoms with Gasteiger partial charge in [-0.3, -0.25) is 19.3 Å². The van der Waals surface area contributed by atoms with Crippen LogP contribution in [0, 0.1) is 0 Å². The molecular weight excluding hydrogens is 356 g/mol. The van der Waals surface area contributed by atoms with Gasteiger partial charge in [-0.15, -0.1) is 0 Å². The minimum atomic E-state index is -0.701. The lowest BCUT2D eigenvalue weighted by Crippen LogP contribution is -2.36. The lowest BCUT2D eigenvalue weighted by Gasteiger charge is -2.26. The average Bonchev–Trinajstić information content (AvgIpc) is 2.68. The fourth-order valence-electron chi connectivity index (χ4n) is 3.16. The van der Waals surface area contributed by atoms with E-state index in [0.717, 1.165) is 13.0 Å². The van der Waals surface area contributed by atoms with Gasteiger partial charge in [-0.2, -0.15) is 0 Å². The van der Waals surface area contributed by atoms with Crippen LogP contribution in [0.2, 0.25) is 0 Å². The van der Waals surface area contributed by atoms with Crippen molar-refractivity contribution in [2.75, 3.05) is 25.0 Å². The quantitative estimate of drug-likeness (QED) is 0.707. The summed E-state index contributed by atoms with van der Waals surface area (Å²) in [5, 5.41) is 2.71. The van der Waals surface area contributed by atoms with Crippen LogP contribution in [0.1, 0.15) is 32.7 Å². The second kappa shape index (κ2) is 8.49. The van der Waals surface area contributed by atoms with E-state index in [1.165, 1.54) is 29.3 Å². The van der Waals surface area contributed by atoms with Crippen molar-refractivity contribution in [3.8, 4) is 0 Å². The molecule has 1 heterocycles. The van der Waals surface area contributed by atoms with E-state index in [1.54, 1.807) is 0 Å². The number of nitrogens with zero attached hydrogens (tertiary/aromatic N) is 1. The molecule has 1 aliphatic heterocycles. The second-order valence-electron chi connectivity index (χ2n) is 6.66. The molecule has 0 aromatic heterocycles. The van der Waals surface area contributed by atoms with Crippen molar-refractivity contribution in [3.63, 3.8) is 0 Å². The molecule has 0 spiro atoms. The van der Waals surface area contributed by atoms with Gasteiger partial charge in [0, 0.05) is 29.9 Å². The molecule has 0 unspecified atom stereocenters. The first-order chi connectivity index (χ1) is 13.4. The largest absolute Gasteiger partial charge is 0.366 e. The fourth-order valence-corrected chi connectivity index (χ4v) is 3.16. The molecule has 0 bridgehead atoms. The summed E-state index contributed by atoms with van der Waals surface area (Å²) in [7, 11) is 0. The number of anilines is 1. The zero-order valence-electron chi connectivity index (χ0n) is 15.4. The van der Waals surface area contributed by atoms with Gasteiger partial charge in [0.05, 0.1) is 6.54 Å². The molecule has 1 aliphatic rings. The van der Waals surface area contributed by atoms with E-state index in [2.05, 4.69) is 23.5 Å². The Kier molecular flexibility index (Phi) is 5.86. The number of amides is 3. The Bertz CT molecular complexity index is 906. The number of carbonyl (C=O) groups excluding carboxylic acids is 3. The van der Waals surface area contributed by atoms with Crippen LogP contribution in [-0.4, -0.2) is 42.3 Å². The molecule has 0 fully saturated rings. The third-order valence-corrected chi connectivity index (χ3v) is 4.59. The van der Waals surface area contributed by atoms with Crippen molar-refractivity contribution >= 4 is 29.0 Å². The lowest BCUT2D eigenvalue weighted by molar-refractivity contribution is -0.117. The van der Waals surface area contributed by atoms with Crippen molar-refractivity contribution in [3.05, 3.63) is 71.3 Å². The number of benzene rings is 2. The van der Waals surface area contributed by atoms with Crippen LogP contribution in [0.4, 0.5) is 5.69 Å². The minimum absolute atomic E-state index is 0.111. The van der Waals surface area contributed by atoms with E-state index in [4.69, 9.17) is 11.5 Å². The molecule has 2 aromatic carbocycles. The molecule has 5 N–H and O–H groups in total. The van der Waals surface area contributed by atoms with Crippen LogP contribution in [-0.2, 0) is 4.79 Å². The van der Waals surface area contributed by atoms with Gasteiger partial charge < -0.3 is 16.8 Å². The van der Waals surface area contributed by atoms with E-state index in [9.17, 15) is 14.4 Å². The summed E-state index contributed by atoms with van der Waals surface area (Å²) < 4.78 is 0. The van der Waals surface area contributed by atoms with Crippen molar-refractivity contribution in [1.29, 1.82) is 0 Å². The Morgan fingerprint density at radius 2 is 1.61 bits per heavy atom. The predicted molar refractivity (Wildman–Crippen MR) is 108 cm³/mol. The maximum absolute atomic E-state index is 12.4. The first kappa shape index (κ1) is 19.3. The van der Waals surface area contributed by atoms with E-state index in [0.29, 0.717) is 12.2 Å². The van der Waals surface area contributed by atoms with E-state index in [1.807, 2.05) is 23.1 Å². The summed E-state index contributed by atoms with van der Waals surface area (Å²) in [6.45, 7) is 1.64. The first-order valence-corrected chi connectivity index (χ1v) is 8.94. The van der Waals surface area contributed by atoms with Crippen LogP contribution in [0.3, 0.4) is 0 Å². The summed E-state index contributed by atoms with van der Waals surface area (Å²) in [4.78, 5) is 37.3. The van der Waals surface area contributed by atoms with Gasteiger partial charge in [0.1, 0.15) is 0 Å². The highest BCUT2D eigenvalue weighted by Crippen LogP contribution is 2.22. The highest BCUT2D eigenvalue weighted by molar-refractivity contribution is 6.02. The molecule has 3 rings (SSSR count). The van der Waals surface area contributed by atoms with E-state index in [-0.39, 0.29) is 23.6 Å². The number of nitrogens with two attached hydrogens (primary N) is 2. The van der Waals surface area contributed by atoms with Gasteiger partial charge in [0.2, 0.25) is 17.7 Å². The second-order valence-corrected chi connectivity index (χ2v) is 6.66. The Balaban J connectivity index is 1.63. The Morgan fingerprint density at radius 1 is 0.964 bits per heavy atom. The van der Waals surface area contributed by atoms with Crippen LogP contribution in [0.25, 0.3) is 5.57 Å². The van der Waals surface area contributed by atoms with Gasteiger partial charge in [0.25, 0.3) is 0 Å². The number of hydrogen-bond donors (Lipinski definition) is 3. The third kappa shape index (κ3) is 4.83. The van der Waals surface area contributed by atoms with E-state index >= 15 is 0 Å². The molecule has 7 heteroatoms. The van der Waals surface area contributed by atoms with Crippen molar-refractivity contribution in [2.24, 2.45) is 11.5 Å². The highest BCUT2D eigenvalue weighted by atomic mass is 16.2. The Hall–Kier alpha value is -3.45. The van der Waals surface area contributed by atoms with Gasteiger partial charge >= 0.3 is 0 Å². The number of nitrogens with one attached hydrogen (secondary N) is 1. The lowest BCUT2D eigenvalue weighted by atomic mass is 10.00. The topological polar surface area (TPSA) is 119 Å². The van der Waals surface area contributed by atoms with Crippen LogP contribution < -0.4 is 16.8 Å². The average molecular weight is 378 g/mol. The molecule has 0 atom stereocenters. The number of rotatable bonds is 6. The van der Waals surface area contributed by atoms with Gasteiger partial charge in [-0.1, -0.05) is 36.4 Å². The minimum Gasteiger partial charge on any atom is -0.366 e. The van der Waals surface area contributed by atoms with Crippen molar-refractivity contribution in [1.82, 2.24) is 4.90 Å². The van der Waals surface area contributed by atoms with Crippen LogP contribution in [0.5, 0.6) is 0 Å². The monoisotopic (exact) mass is 378 g/mol. The molecule has 7 nitrogen and oxygen atoms in total. The van der Waals surface area contributed by atoms with Gasteiger partial charge in [0.15, 0.2) is 0 Å². The van der Waals surface area contributed by atoms with Crippen LogP contribution in [0.15, 0.2) is 54.6 Å². The molecule has 0 aliphatic carbocycles. The predicted octanol–water partition coefficient (Wildman–Crippen LogP) is 1.61. The fraction of sp³-hybridized carbons (Fsp3) is 0.190. The first-order valence-electron chi connectivity index (χ1n) is 8.94. The van der Waals surface area contributed by atoms with Crippen molar-refractivity contribution < 1.29 is 14.4 Å². The molecule has 144 valence electrons. The number of carbonyl (C=O) groups is 3. The summed E-state index contributed by atoms with van der Waals surface area (Å²) in [6, 6.07) is 14.3. The molecule has 0 saturated heterocycles. The van der Waals surface area contributed by atoms with Gasteiger partial charge in [-0.25, -0.2) is 0 Å². The standard InChI is InChI=1S/C21H22N4O3/c22-20(27)16-10-17(21(23)28)12-18(11-16)24-19(26)13-25-8-6-15(7-9-25)14-4-2-1-3-5-14/h1-6,10-12H,7-9,13H2,(H2,22,27)(H2,23,28)(H,24,26). The molecule has 2 aromatic rings. The zero-order chi connectivity index (χ0) is 20.1. The Labute approximate surface area is 163 Å². The molecule has 28 heavy (non-hydrogen) atoms. The summed E-state index contributed by atoms with van der Waals surface area (Å²) >= 11 is 0. The maximum atomic E-state index is 12.4. The molecule has 0 saturated carbocycles. The SMILES string of the molecule is NC(=O)c1cc(NC(=O)CN2CC=C(c3ccccc3)CC2)cc(C(N)=O)c1.